The molecule has 1 aromatic rings. The molecule has 0 heterocycles. The topological polar surface area (TPSA) is 66.4 Å². The number of carboxylic acid groups (broad SMARTS) is 1. The second-order valence-electron chi connectivity index (χ2n) is 5.66. The Hall–Kier alpha value is -1.01. The molecule has 0 saturated heterocycles. The van der Waals surface area contributed by atoms with E-state index in [1.165, 1.54) is 11.8 Å². The van der Waals surface area contributed by atoms with Crippen LogP contribution in [0.4, 0.5) is 0 Å². The highest BCUT2D eigenvalue weighted by Gasteiger charge is 2.23. The van der Waals surface area contributed by atoms with Crippen molar-refractivity contribution >= 4 is 39.6 Å². The quantitative estimate of drug-likeness (QED) is 0.748. The second-order valence-corrected chi connectivity index (χ2v) is 7.53. The Morgan fingerprint density at radius 1 is 1.29 bits per heavy atom. The summed E-state index contributed by atoms with van der Waals surface area (Å²) in [5.41, 5.74) is 1.48. The lowest BCUT2D eigenvalue weighted by Crippen LogP contribution is -2.45. The summed E-state index contributed by atoms with van der Waals surface area (Å²) in [6.45, 7) is 7.42. The van der Waals surface area contributed by atoms with Crippen LogP contribution < -0.4 is 5.32 Å². The summed E-state index contributed by atoms with van der Waals surface area (Å²) in [7, 11) is 0. The van der Waals surface area contributed by atoms with Gasteiger partial charge in [0.05, 0.1) is 12.2 Å². The largest absolute Gasteiger partial charge is 0.481 e. The summed E-state index contributed by atoms with van der Waals surface area (Å²) in [5, 5.41) is 11.6. The van der Waals surface area contributed by atoms with Gasteiger partial charge in [0.1, 0.15) is 0 Å². The first-order valence-electron chi connectivity index (χ1n) is 6.53. The van der Waals surface area contributed by atoms with Crippen molar-refractivity contribution in [2.75, 3.05) is 5.75 Å². The van der Waals surface area contributed by atoms with Crippen molar-refractivity contribution in [1.82, 2.24) is 5.32 Å². The van der Waals surface area contributed by atoms with Crippen LogP contribution in [0, 0.1) is 13.8 Å². The van der Waals surface area contributed by atoms with Crippen molar-refractivity contribution < 1.29 is 14.7 Å². The van der Waals surface area contributed by atoms with Gasteiger partial charge in [0.15, 0.2) is 0 Å². The monoisotopic (exact) mass is 373 g/mol. The van der Waals surface area contributed by atoms with Gasteiger partial charge in [0.25, 0.3) is 0 Å². The van der Waals surface area contributed by atoms with E-state index < -0.39 is 11.5 Å². The highest BCUT2D eigenvalue weighted by Crippen LogP contribution is 2.28. The fourth-order valence-electron chi connectivity index (χ4n) is 1.89. The van der Waals surface area contributed by atoms with Gasteiger partial charge >= 0.3 is 5.97 Å². The molecule has 0 bridgehead atoms. The smallest absolute Gasteiger partial charge is 0.305 e. The molecule has 0 radical (unpaired) electrons. The fraction of sp³-hybridized carbons (Fsp3) is 0.467. The third-order valence-electron chi connectivity index (χ3n) is 2.89. The van der Waals surface area contributed by atoms with Crippen LogP contribution in [0.5, 0.6) is 0 Å². The van der Waals surface area contributed by atoms with Crippen LogP contribution in [0.15, 0.2) is 21.5 Å². The van der Waals surface area contributed by atoms with Crippen LogP contribution in [0.25, 0.3) is 0 Å². The van der Waals surface area contributed by atoms with E-state index in [2.05, 4.69) is 21.2 Å². The Kier molecular flexibility index (Phi) is 6.28. The molecular weight excluding hydrogens is 354 g/mol. The normalized spacial score (nSPS) is 11.3. The van der Waals surface area contributed by atoms with Crippen molar-refractivity contribution in [3.63, 3.8) is 0 Å². The third kappa shape index (κ3) is 6.09. The van der Waals surface area contributed by atoms with Gasteiger partial charge in [-0.15, -0.1) is 11.8 Å². The SMILES string of the molecule is Cc1cc(SCC(=O)NC(C)(C)CC(=O)O)c(C)cc1Br. The molecule has 0 aliphatic heterocycles. The van der Waals surface area contributed by atoms with Gasteiger partial charge in [-0.25, -0.2) is 0 Å². The molecule has 0 saturated carbocycles. The van der Waals surface area contributed by atoms with E-state index in [1.807, 2.05) is 26.0 Å². The van der Waals surface area contributed by atoms with Crippen molar-refractivity contribution in [1.29, 1.82) is 0 Å². The van der Waals surface area contributed by atoms with Crippen LogP contribution in [0.2, 0.25) is 0 Å². The lowest BCUT2D eigenvalue weighted by molar-refractivity contribution is -0.138. The predicted octanol–water partition coefficient (Wildman–Crippen LogP) is 3.53. The third-order valence-corrected chi connectivity index (χ3v) is 4.90. The second kappa shape index (κ2) is 7.31. The molecular formula is C15H20BrNO3S. The number of aliphatic carboxylic acids is 1. The molecule has 21 heavy (non-hydrogen) atoms. The average molecular weight is 374 g/mol. The van der Waals surface area contributed by atoms with Crippen molar-refractivity contribution in [3.8, 4) is 0 Å². The number of carbonyl (C=O) groups excluding carboxylic acids is 1. The Bertz CT molecular complexity index is 558. The minimum absolute atomic E-state index is 0.0974. The minimum atomic E-state index is -0.924. The van der Waals surface area contributed by atoms with Gasteiger partial charge in [0, 0.05) is 14.9 Å². The Morgan fingerprint density at radius 2 is 1.90 bits per heavy atom. The molecule has 1 rings (SSSR count). The van der Waals surface area contributed by atoms with Crippen molar-refractivity contribution in [2.45, 2.75) is 44.6 Å². The molecule has 0 aromatic heterocycles. The molecule has 0 aliphatic carbocycles. The molecule has 0 atom stereocenters. The molecule has 0 aliphatic rings. The summed E-state index contributed by atoms with van der Waals surface area (Å²) >= 11 is 4.94. The molecule has 0 spiro atoms. The standard InChI is InChI=1S/C15H20BrNO3S/c1-9-6-12(10(2)5-11(9)16)21-8-13(18)17-15(3,4)7-14(19)20/h5-6H,7-8H2,1-4H3,(H,17,18)(H,19,20). The highest BCUT2D eigenvalue weighted by atomic mass is 79.9. The number of amides is 1. The maximum Gasteiger partial charge on any atom is 0.305 e. The average Bonchev–Trinajstić information content (AvgIpc) is 2.29. The lowest BCUT2D eigenvalue weighted by Gasteiger charge is -2.24. The van der Waals surface area contributed by atoms with Gasteiger partial charge in [-0.2, -0.15) is 0 Å². The van der Waals surface area contributed by atoms with E-state index >= 15 is 0 Å². The Morgan fingerprint density at radius 3 is 2.48 bits per heavy atom. The number of rotatable bonds is 6. The number of hydrogen-bond donors (Lipinski definition) is 2. The number of benzene rings is 1. The molecule has 1 amide bonds. The summed E-state index contributed by atoms with van der Waals surface area (Å²) in [5.74, 6) is -0.816. The van der Waals surface area contributed by atoms with E-state index in [4.69, 9.17) is 5.11 Å². The summed E-state index contributed by atoms with van der Waals surface area (Å²) < 4.78 is 1.05. The van der Waals surface area contributed by atoms with Gasteiger partial charge in [-0.05, 0) is 51.0 Å². The van der Waals surface area contributed by atoms with E-state index in [1.54, 1.807) is 13.8 Å². The van der Waals surface area contributed by atoms with Crippen LogP contribution in [-0.4, -0.2) is 28.3 Å². The first-order chi connectivity index (χ1) is 9.60. The van der Waals surface area contributed by atoms with Gasteiger partial charge < -0.3 is 10.4 Å². The molecule has 1 aromatic carbocycles. The lowest BCUT2D eigenvalue weighted by atomic mass is 10.0. The number of halogens is 1. The van der Waals surface area contributed by atoms with Crippen molar-refractivity contribution in [2.24, 2.45) is 0 Å². The van der Waals surface area contributed by atoms with E-state index in [9.17, 15) is 9.59 Å². The zero-order chi connectivity index (χ0) is 16.2. The summed E-state index contributed by atoms with van der Waals surface area (Å²) in [6, 6.07) is 4.07. The Balaban J connectivity index is 2.61. The molecule has 0 unspecified atom stereocenters. The van der Waals surface area contributed by atoms with Crippen LogP contribution >= 0.6 is 27.7 Å². The number of aryl methyl sites for hydroxylation is 2. The Labute approximate surface area is 137 Å². The van der Waals surface area contributed by atoms with E-state index in [0.717, 1.165) is 20.5 Å². The van der Waals surface area contributed by atoms with E-state index in [0.29, 0.717) is 0 Å². The molecule has 6 heteroatoms. The molecule has 4 nitrogen and oxygen atoms in total. The number of carboxylic acids is 1. The van der Waals surface area contributed by atoms with Crippen LogP contribution in [0.1, 0.15) is 31.4 Å². The number of thioether (sulfide) groups is 1. The van der Waals surface area contributed by atoms with Crippen LogP contribution in [-0.2, 0) is 9.59 Å². The van der Waals surface area contributed by atoms with Crippen molar-refractivity contribution in [3.05, 3.63) is 27.7 Å². The zero-order valence-electron chi connectivity index (χ0n) is 12.6. The number of carbonyl (C=O) groups is 2. The highest BCUT2D eigenvalue weighted by molar-refractivity contribution is 9.10. The first-order valence-corrected chi connectivity index (χ1v) is 8.31. The van der Waals surface area contributed by atoms with Gasteiger partial charge in [0.2, 0.25) is 5.91 Å². The molecule has 2 N–H and O–H groups in total. The maximum absolute atomic E-state index is 11.9. The van der Waals surface area contributed by atoms with Gasteiger partial charge in [-0.1, -0.05) is 15.9 Å². The predicted molar refractivity (Wildman–Crippen MR) is 88.8 cm³/mol. The molecule has 116 valence electrons. The molecule has 0 fully saturated rings. The fourth-order valence-corrected chi connectivity index (χ4v) is 3.25. The summed E-state index contributed by atoms with van der Waals surface area (Å²) in [6.07, 6.45) is -0.0974. The number of hydrogen-bond acceptors (Lipinski definition) is 3. The summed E-state index contributed by atoms with van der Waals surface area (Å²) in [4.78, 5) is 23.7. The zero-order valence-corrected chi connectivity index (χ0v) is 15.0. The minimum Gasteiger partial charge on any atom is -0.481 e. The van der Waals surface area contributed by atoms with Crippen LogP contribution in [0.3, 0.4) is 0 Å². The first kappa shape index (κ1) is 18.0. The van der Waals surface area contributed by atoms with E-state index in [-0.39, 0.29) is 18.1 Å². The maximum atomic E-state index is 11.9. The number of nitrogens with one attached hydrogen (secondary N) is 1. The van der Waals surface area contributed by atoms with Gasteiger partial charge in [-0.3, -0.25) is 9.59 Å².